The topological polar surface area (TPSA) is 94.5 Å². The molecule has 2 aromatic carbocycles. The summed E-state index contributed by atoms with van der Waals surface area (Å²) in [6.07, 6.45) is 4.32. The zero-order chi connectivity index (χ0) is 19.1. The van der Waals surface area contributed by atoms with E-state index in [0.717, 1.165) is 34.7 Å². The zero-order valence-corrected chi connectivity index (χ0v) is 15.0. The van der Waals surface area contributed by atoms with Crippen molar-refractivity contribution in [1.82, 2.24) is 15.2 Å². The summed E-state index contributed by atoms with van der Waals surface area (Å²) in [4.78, 5) is 10.9. The maximum absolute atomic E-state index is 10.9. The van der Waals surface area contributed by atoms with Gasteiger partial charge in [0.1, 0.15) is 11.4 Å². The van der Waals surface area contributed by atoms with Crippen molar-refractivity contribution in [2.45, 2.75) is 13.3 Å². The summed E-state index contributed by atoms with van der Waals surface area (Å²) in [6, 6.07) is 16.7. The highest BCUT2D eigenvalue weighted by atomic mass is 16.5. The van der Waals surface area contributed by atoms with Crippen molar-refractivity contribution >= 4 is 12.2 Å². The van der Waals surface area contributed by atoms with E-state index >= 15 is 0 Å². The van der Waals surface area contributed by atoms with Crippen molar-refractivity contribution in [3.8, 4) is 22.7 Å². The number of carbonyl (C=O) groups excluding carboxylic acids is 1. The Labute approximate surface area is 157 Å². The third-order valence-electron chi connectivity index (χ3n) is 3.74. The normalized spacial score (nSPS) is 10.9. The molecule has 1 heterocycles. The van der Waals surface area contributed by atoms with Crippen LogP contribution in [0.3, 0.4) is 0 Å². The number of hydrazone groups is 1. The first-order chi connectivity index (χ1) is 13.2. The van der Waals surface area contributed by atoms with E-state index in [1.165, 1.54) is 6.21 Å². The third kappa shape index (κ3) is 4.72. The van der Waals surface area contributed by atoms with Gasteiger partial charge in [-0.05, 0) is 42.8 Å². The predicted octanol–water partition coefficient (Wildman–Crippen LogP) is 3.33. The third-order valence-corrected chi connectivity index (χ3v) is 3.74. The van der Waals surface area contributed by atoms with Crippen LogP contribution in [0.2, 0.25) is 0 Å². The Hall–Kier alpha value is -3.61. The summed E-state index contributed by atoms with van der Waals surface area (Å²) in [5, 5.41) is 8.55. The van der Waals surface area contributed by atoms with E-state index in [9.17, 15) is 4.79 Å². The standard InChI is InChI=1S/C20H21N5O2/c1-2-12-27-18-10-8-15(9-11-18)19-16(13-22-23-20(21)26)14-25(24-19)17-6-4-3-5-7-17/h3-11,13-14H,2,12H2,1H3,(H3,21,23,26)/b22-13-. The second-order valence-electron chi connectivity index (χ2n) is 5.82. The number of nitrogens with zero attached hydrogens (tertiary/aromatic N) is 3. The molecular formula is C20H21N5O2. The number of carbonyl (C=O) groups is 1. The number of primary amides is 1. The molecular weight excluding hydrogens is 342 g/mol. The van der Waals surface area contributed by atoms with Crippen LogP contribution in [0.4, 0.5) is 4.79 Å². The van der Waals surface area contributed by atoms with E-state index in [4.69, 9.17) is 10.5 Å². The minimum Gasteiger partial charge on any atom is -0.494 e. The first-order valence-electron chi connectivity index (χ1n) is 8.64. The van der Waals surface area contributed by atoms with Crippen LogP contribution in [-0.2, 0) is 0 Å². The molecule has 0 saturated heterocycles. The molecule has 0 radical (unpaired) electrons. The summed E-state index contributed by atoms with van der Waals surface area (Å²) in [6.45, 7) is 2.75. The molecule has 0 fully saturated rings. The second kappa shape index (κ2) is 8.66. The average Bonchev–Trinajstić information content (AvgIpc) is 3.11. The van der Waals surface area contributed by atoms with Gasteiger partial charge >= 0.3 is 6.03 Å². The Morgan fingerprint density at radius 2 is 1.96 bits per heavy atom. The fraction of sp³-hybridized carbons (Fsp3) is 0.150. The van der Waals surface area contributed by atoms with Crippen LogP contribution in [0.25, 0.3) is 16.9 Å². The molecule has 7 heteroatoms. The molecule has 3 aromatic rings. The van der Waals surface area contributed by atoms with Crippen molar-refractivity contribution in [2.75, 3.05) is 6.61 Å². The van der Waals surface area contributed by atoms with Gasteiger partial charge in [0.15, 0.2) is 0 Å². The highest BCUT2D eigenvalue weighted by Gasteiger charge is 2.11. The minimum atomic E-state index is -0.722. The van der Waals surface area contributed by atoms with Crippen LogP contribution in [-0.4, -0.2) is 28.6 Å². The smallest absolute Gasteiger partial charge is 0.332 e. The van der Waals surface area contributed by atoms with E-state index < -0.39 is 6.03 Å². The number of hydrogen-bond acceptors (Lipinski definition) is 4. The molecule has 1 aromatic heterocycles. The SMILES string of the molecule is CCCOc1ccc(-c2nn(-c3ccccc3)cc2/C=N\NC(N)=O)cc1. The average molecular weight is 363 g/mol. The minimum absolute atomic E-state index is 0.679. The van der Waals surface area contributed by atoms with E-state index in [1.807, 2.05) is 60.8 Å². The second-order valence-corrected chi connectivity index (χ2v) is 5.82. The molecule has 0 aliphatic rings. The summed E-state index contributed by atoms with van der Waals surface area (Å²) in [5.41, 5.74) is 10.6. The quantitative estimate of drug-likeness (QED) is 0.498. The number of rotatable bonds is 7. The van der Waals surface area contributed by atoms with E-state index in [2.05, 4.69) is 22.5 Å². The number of nitrogens with one attached hydrogen (secondary N) is 1. The summed E-state index contributed by atoms with van der Waals surface area (Å²) in [5.74, 6) is 0.814. The summed E-state index contributed by atoms with van der Waals surface area (Å²) >= 11 is 0. The number of hydrogen-bond donors (Lipinski definition) is 2. The van der Waals surface area contributed by atoms with Gasteiger partial charge in [-0.3, -0.25) is 0 Å². The number of benzene rings is 2. The Bertz CT molecular complexity index is 917. The lowest BCUT2D eigenvalue weighted by atomic mass is 10.1. The fourth-order valence-electron chi connectivity index (χ4n) is 2.51. The molecule has 0 aliphatic carbocycles. The predicted molar refractivity (Wildman–Crippen MR) is 105 cm³/mol. The lowest BCUT2D eigenvalue weighted by Gasteiger charge is -2.05. The fourth-order valence-corrected chi connectivity index (χ4v) is 2.51. The highest BCUT2D eigenvalue weighted by molar-refractivity contribution is 5.89. The summed E-state index contributed by atoms with van der Waals surface area (Å²) in [7, 11) is 0. The molecule has 2 amide bonds. The molecule has 0 atom stereocenters. The van der Waals surface area contributed by atoms with Gasteiger partial charge in [-0.1, -0.05) is 25.1 Å². The molecule has 0 bridgehead atoms. The Kier molecular flexibility index (Phi) is 5.84. The van der Waals surface area contributed by atoms with Gasteiger partial charge < -0.3 is 10.5 Å². The van der Waals surface area contributed by atoms with Gasteiger partial charge in [0.05, 0.1) is 18.5 Å². The van der Waals surface area contributed by atoms with Gasteiger partial charge in [0.2, 0.25) is 0 Å². The maximum atomic E-state index is 10.9. The van der Waals surface area contributed by atoms with Crippen molar-refractivity contribution in [1.29, 1.82) is 0 Å². The van der Waals surface area contributed by atoms with Crippen molar-refractivity contribution in [2.24, 2.45) is 10.8 Å². The van der Waals surface area contributed by atoms with Crippen LogP contribution >= 0.6 is 0 Å². The number of para-hydroxylation sites is 1. The van der Waals surface area contributed by atoms with E-state index in [0.29, 0.717) is 6.61 Å². The lowest BCUT2D eigenvalue weighted by molar-refractivity contribution is 0.249. The largest absolute Gasteiger partial charge is 0.494 e. The Morgan fingerprint density at radius 3 is 2.63 bits per heavy atom. The Morgan fingerprint density at radius 1 is 1.22 bits per heavy atom. The lowest BCUT2D eigenvalue weighted by Crippen LogP contribution is -2.24. The zero-order valence-electron chi connectivity index (χ0n) is 15.0. The van der Waals surface area contributed by atoms with Crippen LogP contribution in [0.15, 0.2) is 65.9 Å². The maximum Gasteiger partial charge on any atom is 0.332 e. The molecule has 138 valence electrons. The number of aromatic nitrogens is 2. The van der Waals surface area contributed by atoms with Gasteiger partial charge in [-0.25, -0.2) is 14.9 Å². The van der Waals surface area contributed by atoms with Gasteiger partial charge in [0.25, 0.3) is 0 Å². The molecule has 3 rings (SSSR count). The van der Waals surface area contributed by atoms with Crippen molar-refractivity contribution in [3.63, 3.8) is 0 Å². The van der Waals surface area contributed by atoms with E-state index in [-0.39, 0.29) is 0 Å². The number of amides is 2. The number of urea groups is 1. The van der Waals surface area contributed by atoms with Crippen LogP contribution < -0.4 is 15.9 Å². The first kappa shape index (κ1) is 18.2. The molecule has 0 saturated carbocycles. The van der Waals surface area contributed by atoms with Gasteiger partial charge in [0, 0.05) is 17.3 Å². The van der Waals surface area contributed by atoms with Gasteiger partial charge in [-0.2, -0.15) is 10.2 Å². The monoisotopic (exact) mass is 363 g/mol. The van der Waals surface area contributed by atoms with E-state index in [1.54, 1.807) is 4.68 Å². The highest BCUT2D eigenvalue weighted by Crippen LogP contribution is 2.25. The number of ether oxygens (including phenoxy) is 1. The molecule has 27 heavy (non-hydrogen) atoms. The van der Waals surface area contributed by atoms with Gasteiger partial charge in [-0.15, -0.1) is 0 Å². The van der Waals surface area contributed by atoms with Crippen LogP contribution in [0, 0.1) is 0 Å². The van der Waals surface area contributed by atoms with Crippen molar-refractivity contribution in [3.05, 3.63) is 66.4 Å². The van der Waals surface area contributed by atoms with Crippen molar-refractivity contribution < 1.29 is 9.53 Å². The number of nitrogens with two attached hydrogens (primary N) is 1. The molecule has 0 aliphatic heterocycles. The first-order valence-corrected chi connectivity index (χ1v) is 8.64. The molecule has 0 spiro atoms. The molecule has 0 unspecified atom stereocenters. The van der Waals surface area contributed by atoms with Crippen LogP contribution in [0.1, 0.15) is 18.9 Å². The Balaban J connectivity index is 1.95. The van der Waals surface area contributed by atoms with Crippen LogP contribution in [0.5, 0.6) is 5.75 Å². The molecule has 7 nitrogen and oxygen atoms in total. The molecule has 3 N–H and O–H groups in total. The summed E-state index contributed by atoms with van der Waals surface area (Å²) < 4.78 is 7.40.